The normalized spacial score (nSPS) is 12.9. The van der Waals surface area contributed by atoms with E-state index in [9.17, 15) is 14.9 Å². The van der Waals surface area contributed by atoms with Crippen molar-refractivity contribution in [1.29, 1.82) is 0 Å². The zero-order valence-corrected chi connectivity index (χ0v) is 14.0. The van der Waals surface area contributed by atoms with Crippen LogP contribution in [0, 0.1) is 10.1 Å². The molecule has 10 heteroatoms. The number of rotatable bonds is 4. The van der Waals surface area contributed by atoms with Crippen molar-refractivity contribution in [3.63, 3.8) is 0 Å². The van der Waals surface area contributed by atoms with Crippen LogP contribution >= 0.6 is 23.2 Å². The van der Waals surface area contributed by atoms with E-state index in [2.05, 4.69) is 4.98 Å². The maximum Gasteiger partial charge on any atom is 0.358 e. The molecule has 0 spiro atoms. The fourth-order valence-corrected chi connectivity index (χ4v) is 2.60. The highest BCUT2D eigenvalue weighted by Crippen LogP contribution is 2.33. The average molecular weight is 385 g/mol. The molecule has 0 fully saturated rings. The molecule has 0 radical (unpaired) electrons. The van der Waals surface area contributed by atoms with Crippen LogP contribution in [0.4, 0.5) is 5.69 Å². The smallest absolute Gasteiger partial charge is 0.358 e. The first-order chi connectivity index (χ1) is 12.0. The molecule has 2 heterocycles. The fourth-order valence-electron chi connectivity index (χ4n) is 2.27. The molecule has 25 heavy (non-hydrogen) atoms. The number of nitrogens with zero attached hydrogens (tertiary/aromatic N) is 2. The Labute approximate surface area is 151 Å². The Hall–Kier alpha value is -2.42. The van der Waals surface area contributed by atoms with E-state index in [-0.39, 0.29) is 41.6 Å². The Morgan fingerprint density at radius 1 is 1.36 bits per heavy atom. The van der Waals surface area contributed by atoms with Gasteiger partial charge in [0.1, 0.15) is 17.5 Å². The van der Waals surface area contributed by atoms with E-state index in [4.69, 9.17) is 37.4 Å². The number of non-ortho nitro benzene ring substituents is 1. The Morgan fingerprint density at radius 3 is 2.92 bits per heavy atom. The van der Waals surface area contributed by atoms with Crippen molar-refractivity contribution in [1.82, 2.24) is 4.98 Å². The van der Waals surface area contributed by atoms with E-state index < -0.39 is 10.9 Å². The van der Waals surface area contributed by atoms with Crippen LogP contribution in [0.15, 0.2) is 24.3 Å². The van der Waals surface area contributed by atoms with Crippen molar-refractivity contribution in [3.05, 3.63) is 61.4 Å². The number of nitro groups is 1. The van der Waals surface area contributed by atoms with Gasteiger partial charge in [0.15, 0.2) is 12.5 Å². The fraction of sp³-hybridized carbons (Fsp3) is 0.200. The van der Waals surface area contributed by atoms with Crippen LogP contribution in [0.2, 0.25) is 10.2 Å². The van der Waals surface area contributed by atoms with Crippen molar-refractivity contribution in [2.75, 3.05) is 6.79 Å². The summed E-state index contributed by atoms with van der Waals surface area (Å²) in [6, 6.07) is 5.49. The van der Waals surface area contributed by atoms with Crippen LogP contribution < -0.4 is 4.74 Å². The third-order valence-corrected chi connectivity index (χ3v) is 3.86. The van der Waals surface area contributed by atoms with Gasteiger partial charge in [-0.1, -0.05) is 23.2 Å². The van der Waals surface area contributed by atoms with E-state index in [1.165, 1.54) is 24.3 Å². The Balaban J connectivity index is 1.85. The molecule has 0 N–H and O–H groups in total. The SMILES string of the molecule is O=C(OCc1cc([N+](=O)[O-])cc2c1OCOC2)c1nc(Cl)ccc1Cl. The number of esters is 1. The number of benzene rings is 1. The van der Waals surface area contributed by atoms with Crippen molar-refractivity contribution in [2.45, 2.75) is 13.2 Å². The molecule has 0 bridgehead atoms. The van der Waals surface area contributed by atoms with E-state index in [1.807, 2.05) is 0 Å². The summed E-state index contributed by atoms with van der Waals surface area (Å²) in [7, 11) is 0. The average Bonchev–Trinajstić information content (AvgIpc) is 2.61. The van der Waals surface area contributed by atoms with Gasteiger partial charge in [-0.3, -0.25) is 10.1 Å². The second-order valence-corrected chi connectivity index (χ2v) is 5.80. The van der Waals surface area contributed by atoms with Crippen LogP contribution in [0.5, 0.6) is 5.75 Å². The molecule has 130 valence electrons. The minimum atomic E-state index is -0.806. The Kier molecular flexibility index (Phi) is 5.03. The predicted molar refractivity (Wildman–Crippen MR) is 86.8 cm³/mol. The molecular formula is C15H10Cl2N2O6. The zero-order valence-electron chi connectivity index (χ0n) is 12.5. The molecule has 0 saturated heterocycles. The molecule has 0 saturated carbocycles. The summed E-state index contributed by atoms with van der Waals surface area (Å²) >= 11 is 11.6. The Bertz CT molecular complexity index is 858. The lowest BCUT2D eigenvalue weighted by Gasteiger charge is -2.20. The number of hydrogen-bond acceptors (Lipinski definition) is 7. The highest BCUT2D eigenvalue weighted by Gasteiger charge is 2.22. The van der Waals surface area contributed by atoms with E-state index in [0.29, 0.717) is 16.9 Å². The molecule has 3 rings (SSSR count). The van der Waals surface area contributed by atoms with Gasteiger partial charge >= 0.3 is 5.97 Å². The summed E-state index contributed by atoms with van der Waals surface area (Å²) in [6.07, 6.45) is 0. The van der Waals surface area contributed by atoms with Crippen molar-refractivity contribution >= 4 is 34.9 Å². The standard InChI is InChI=1S/C15H10Cl2N2O6/c16-11-1-2-12(17)18-13(11)15(20)24-6-9-4-10(19(21)22)3-8-5-23-7-25-14(8)9/h1-4H,5-7H2. The van der Waals surface area contributed by atoms with Crippen molar-refractivity contribution < 1.29 is 23.9 Å². The molecule has 8 nitrogen and oxygen atoms in total. The van der Waals surface area contributed by atoms with Gasteiger partial charge in [-0.05, 0) is 12.1 Å². The van der Waals surface area contributed by atoms with Crippen LogP contribution in [0.3, 0.4) is 0 Å². The molecular weight excluding hydrogens is 375 g/mol. The summed E-state index contributed by atoms with van der Waals surface area (Å²) in [5.41, 5.74) is 0.556. The minimum absolute atomic E-state index is 0.00738. The largest absolute Gasteiger partial charge is 0.467 e. The number of fused-ring (bicyclic) bond motifs is 1. The lowest BCUT2D eigenvalue weighted by atomic mass is 10.1. The molecule has 0 atom stereocenters. The number of carbonyl (C=O) groups is 1. The van der Waals surface area contributed by atoms with Gasteiger partial charge in [0.05, 0.1) is 16.6 Å². The maximum atomic E-state index is 12.2. The number of nitro benzene ring substituents is 1. The van der Waals surface area contributed by atoms with Crippen molar-refractivity contribution in [3.8, 4) is 5.75 Å². The highest BCUT2D eigenvalue weighted by molar-refractivity contribution is 6.34. The van der Waals surface area contributed by atoms with Gasteiger partial charge < -0.3 is 14.2 Å². The molecule has 1 aliphatic heterocycles. The van der Waals surface area contributed by atoms with Gasteiger partial charge in [0, 0.05) is 23.3 Å². The second-order valence-electron chi connectivity index (χ2n) is 5.00. The van der Waals surface area contributed by atoms with Crippen LogP contribution in [0.1, 0.15) is 21.6 Å². The van der Waals surface area contributed by atoms with Crippen molar-refractivity contribution in [2.24, 2.45) is 0 Å². The first-order valence-electron chi connectivity index (χ1n) is 6.95. The first kappa shape index (κ1) is 17.4. The summed E-state index contributed by atoms with van der Waals surface area (Å²) in [6.45, 7) is -0.0829. The van der Waals surface area contributed by atoms with Crippen LogP contribution in [-0.4, -0.2) is 22.7 Å². The predicted octanol–water partition coefficient (Wildman–Crippen LogP) is 3.52. The number of aromatic nitrogens is 1. The maximum absolute atomic E-state index is 12.2. The highest BCUT2D eigenvalue weighted by atomic mass is 35.5. The molecule has 1 aliphatic rings. The summed E-state index contributed by atoms with van der Waals surface area (Å²) in [5.74, 6) is -0.408. The number of ether oxygens (including phenoxy) is 3. The van der Waals surface area contributed by atoms with Gasteiger partial charge in [-0.15, -0.1) is 0 Å². The molecule has 0 aliphatic carbocycles. The molecule has 0 amide bonds. The number of halogens is 2. The summed E-state index contributed by atoms with van der Waals surface area (Å²) in [4.78, 5) is 26.5. The van der Waals surface area contributed by atoms with E-state index in [0.717, 1.165) is 0 Å². The monoisotopic (exact) mass is 384 g/mol. The lowest BCUT2D eigenvalue weighted by molar-refractivity contribution is -0.385. The molecule has 0 unspecified atom stereocenters. The zero-order chi connectivity index (χ0) is 18.0. The third kappa shape index (κ3) is 3.81. The lowest BCUT2D eigenvalue weighted by Crippen LogP contribution is -2.15. The number of pyridine rings is 1. The van der Waals surface area contributed by atoms with E-state index in [1.54, 1.807) is 0 Å². The summed E-state index contributed by atoms with van der Waals surface area (Å²) < 4.78 is 15.6. The van der Waals surface area contributed by atoms with Gasteiger partial charge in [0.25, 0.3) is 5.69 Å². The number of hydrogen-bond donors (Lipinski definition) is 0. The quantitative estimate of drug-likeness (QED) is 0.344. The summed E-state index contributed by atoms with van der Waals surface area (Å²) in [5, 5.41) is 11.2. The third-order valence-electron chi connectivity index (χ3n) is 3.35. The molecule has 1 aromatic heterocycles. The van der Waals surface area contributed by atoms with Gasteiger partial charge in [-0.2, -0.15) is 0 Å². The molecule has 1 aromatic carbocycles. The second kappa shape index (κ2) is 7.22. The van der Waals surface area contributed by atoms with Gasteiger partial charge in [-0.25, -0.2) is 9.78 Å². The van der Waals surface area contributed by atoms with Crippen LogP contribution in [0.25, 0.3) is 0 Å². The minimum Gasteiger partial charge on any atom is -0.467 e. The van der Waals surface area contributed by atoms with Crippen LogP contribution in [-0.2, 0) is 22.7 Å². The molecule has 2 aromatic rings. The topological polar surface area (TPSA) is 101 Å². The Morgan fingerprint density at radius 2 is 2.16 bits per heavy atom. The van der Waals surface area contributed by atoms with Gasteiger partial charge in [0.2, 0.25) is 0 Å². The first-order valence-corrected chi connectivity index (χ1v) is 7.71. The van der Waals surface area contributed by atoms with E-state index >= 15 is 0 Å². The number of carbonyl (C=O) groups excluding carboxylic acids is 1.